The van der Waals surface area contributed by atoms with E-state index in [4.69, 9.17) is 0 Å². The summed E-state index contributed by atoms with van der Waals surface area (Å²) in [7, 11) is -3.69. The van der Waals surface area contributed by atoms with Crippen LogP contribution >= 0.6 is 0 Å². The molecule has 23 heavy (non-hydrogen) atoms. The Kier molecular flexibility index (Phi) is 5.12. The standard InChI is InChI=1S/C18H23NO3S/c1-4-18(20,5-2)16-8-6-7-9-17(16)19-23(21,22)15-12-10-14(3)11-13-15/h6-13,19-20H,4-5H2,1-3H3. The predicted octanol–water partition coefficient (Wildman–Crippen LogP) is 3.80. The molecule has 0 aromatic heterocycles. The van der Waals surface area contributed by atoms with E-state index < -0.39 is 15.6 Å². The van der Waals surface area contributed by atoms with Crippen molar-refractivity contribution in [1.29, 1.82) is 0 Å². The summed E-state index contributed by atoms with van der Waals surface area (Å²) in [5, 5.41) is 10.7. The normalized spacial score (nSPS) is 12.2. The van der Waals surface area contributed by atoms with Crippen molar-refractivity contribution in [1.82, 2.24) is 0 Å². The van der Waals surface area contributed by atoms with Crippen molar-refractivity contribution < 1.29 is 13.5 Å². The number of aliphatic hydroxyl groups is 1. The van der Waals surface area contributed by atoms with Crippen molar-refractivity contribution in [2.24, 2.45) is 0 Å². The van der Waals surface area contributed by atoms with E-state index >= 15 is 0 Å². The zero-order valence-corrected chi connectivity index (χ0v) is 14.5. The van der Waals surface area contributed by atoms with Crippen molar-refractivity contribution in [2.75, 3.05) is 4.72 Å². The molecular weight excluding hydrogens is 310 g/mol. The molecule has 2 aromatic rings. The van der Waals surface area contributed by atoms with Crippen LogP contribution in [0.3, 0.4) is 0 Å². The van der Waals surface area contributed by atoms with Gasteiger partial charge in [0.2, 0.25) is 0 Å². The fourth-order valence-corrected chi connectivity index (χ4v) is 3.61. The van der Waals surface area contributed by atoms with Crippen molar-refractivity contribution in [2.45, 2.75) is 44.1 Å². The van der Waals surface area contributed by atoms with Gasteiger partial charge in [-0.2, -0.15) is 0 Å². The van der Waals surface area contributed by atoms with Gasteiger partial charge in [-0.25, -0.2) is 8.42 Å². The van der Waals surface area contributed by atoms with Crippen LogP contribution in [0.1, 0.15) is 37.8 Å². The molecule has 0 saturated carbocycles. The summed E-state index contributed by atoms with van der Waals surface area (Å²) in [5.74, 6) is 0. The Morgan fingerprint density at radius 1 is 1.00 bits per heavy atom. The van der Waals surface area contributed by atoms with Gasteiger partial charge in [0.05, 0.1) is 16.2 Å². The van der Waals surface area contributed by atoms with Crippen LogP contribution in [0.15, 0.2) is 53.4 Å². The maximum absolute atomic E-state index is 12.6. The largest absolute Gasteiger partial charge is 0.385 e. The maximum atomic E-state index is 12.6. The average Bonchev–Trinajstić information content (AvgIpc) is 2.54. The van der Waals surface area contributed by atoms with Gasteiger partial charge in [-0.05, 0) is 38.0 Å². The van der Waals surface area contributed by atoms with E-state index in [-0.39, 0.29) is 4.90 Å². The van der Waals surface area contributed by atoms with E-state index in [0.29, 0.717) is 24.1 Å². The lowest BCUT2D eigenvalue weighted by molar-refractivity contribution is 0.0291. The number of anilines is 1. The summed E-state index contributed by atoms with van der Waals surface area (Å²) < 4.78 is 27.8. The second-order valence-corrected chi connectivity index (χ2v) is 7.39. The Labute approximate surface area is 138 Å². The van der Waals surface area contributed by atoms with E-state index in [1.165, 1.54) is 0 Å². The predicted molar refractivity (Wildman–Crippen MR) is 92.9 cm³/mol. The first-order valence-electron chi connectivity index (χ1n) is 7.74. The molecule has 0 fully saturated rings. The first-order valence-corrected chi connectivity index (χ1v) is 9.22. The number of hydrogen-bond acceptors (Lipinski definition) is 3. The average molecular weight is 333 g/mol. The highest BCUT2D eigenvalue weighted by Crippen LogP contribution is 2.34. The number of aryl methyl sites for hydroxylation is 1. The third-order valence-electron chi connectivity index (χ3n) is 4.17. The molecule has 0 radical (unpaired) electrons. The summed E-state index contributed by atoms with van der Waals surface area (Å²) in [5.41, 5.74) is 0.961. The molecule has 0 heterocycles. The molecule has 0 spiro atoms. The molecule has 0 saturated heterocycles. The quantitative estimate of drug-likeness (QED) is 0.845. The number of sulfonamides is 1. The second kappa shape index (κ2) is 6.72. The molecular formula is C18H23NO3S. The van der Waals surface area contributed by atoms with Crippen LogP contribution in [0.25, 0.3) is 0 Å². The minimum atomic E-state index is -3.69. The molecule has 0 unspecified atom stereocenters. The van der Waals surface area contributed by atoms with Crippen LogP contribution in [0.2, 0.25) is 0 Å². The second-order valence-electron chi connectivity index (χ2n) is 5.70. The monoisotopic (exact) mass is 333 g/mol. The number of rotatable bonds is 6. The molecule has 4 nitrogen and oxygen atoms in total. The minimum Gasteiger partial charge on any atom is -0.385 e. The summed E-state index contributed by atoms with van der Waals surface area (Å²) in [6.07, 6.45) is 1.01. The minimum absolute atomic E-state index is 0.203. The van der Waals surface area contributed by atoms with Gasteiger partial charge in [0.1, 0.15) is 0 Å². The van der Waals surface area contributed by atoms with Crippen molar-refractivity contribution in [3.05, 3.63) is 59.7 Å². The van der Waals surface area contributed by atoms with Gasteiger partial charge >= 0.3 is 0 Å². The van der Waals surface area contributed by atoms with Gasteiger partial charge in [-0.15, -0.1) is 0 Å². The Bertz CT molecular complexity index is 763. The highest BCUT2D eigenvalue weighted by Gasteiger charge is 2.28. The van der Waals surface area contributed by atoms with Gasteiger partial charge in [0.15, 0.2) is 0 Å². The van der Waals surface area contributed by atoms with E-state index in [1.54, 1.807) is 48.5 Å². The number of hydrogen-bond donors (Lipinski definition) is 2. The lowest BCUT2D eigenvalue weighted by Crippen LogP contribution is -2.26. The van der Waals surface area contributed by atoms with Gasteiger partial charge < -0.3 is 5.11 Å². The summed E-state index contributed by atoms with van der Waals surface area (Å²) in [4.78, 5) is 0.203. The Morgan fingerprint density at radius 2 is 1.57 bits per heavy atom. The van der Waals surface area contributed by atoms with Gasteiger partial charge in [0.25, 0.3) is 10.0 Å². The Hall–Kier alpha value is -1.85. The van der Waals surface area contributed by atoms with Gasteiger partial charge in [-0.1, -0.05) is 49.7 Å². The van der Waals surface area contributed by atoms with Crippen molar-refractivity contribution in [3.8, 4) is 0 Å². The molecule has 0 atom stereocenters. The topological polar surface area (TPSA) is 66.4 Å². The zero-order chi connectivity index (χ0) is 17.1. The fraction of sp³-hybridized carbons (Fsp3) is 0.333. The van der Waals surface area contributed by atoms with E-state index in [0.717, 1.165) is 5.56 Å². The summed E-state index contributed by atoms with van der Waals surface area (Å²) in [6.45, 7) is 5.67. The Morgan fingerprint density at radius 3 is 2.13 bits per heavy atom. The van der Waals surface area contributed by atoms with E-state index in [9.17, 15) is 13.5 Å². The molecule has 0 aliphatic heterocycles. The van der Waals surface area contributed by atoms with E-state index in [1.807, 2.05) is 20.8 Å². The number of para-hydroxylation sites is 1. The molecule has 124 valence electrons. The molecule has 0 amide bonds. The van der Waals surface area contributed by atoms with Crippen molar-refractivity contribution in [3.63, 3.8) is 0 Å². The highest BCUT2D eigenvalue weighted by molar-refractivity contribution is 7.92. The van der Waals surface area contributed by atoms with E-state index in [2.05, 4.69) is 4.72 Å². The van der Waals surface area contributed by atoms with Crippen LogP contribution < -0.4 is 4.72 Å². The maximum Gasteiger partial charge on any atom is 0.261 e. The fourth-order valence-electron chi connectivity index (χ4n) is 2.53. The van der Waals surface area contributed by atoms with Crippen LogP contribution in [-0.4, -0.2) is 13.5 Å². The van der Waals surface area contributed by atoms with Crippen LogP contribution in [0.4, 0.5) is 5.69 Å². The third-order valence-corrected chi connectivity index (χ3v) is 5.56. The molecule has 5 heteroatoms. The molecule has 2 rings (SSSR count). The van der Waals surface area contributed by atoms with Gasteiger partial charge in [0, 0.05) is 5.56 Å². The van der Waals surface area contributed by atoms with Crippen LogP contribution in [0.5, 0.6) is 0 Å². The first-order chi connectivity index (χ1) is 10.8. The lowest BCUT2D eigenvalue weighted by atomic mass is 9.87. The first kappa shape index (κ1) is 17.5. The van der Waals surface area contributed by atoms with Crippen molar-refractivity contribution >= 4 is 15.7 Å². The summed E-state index contributed by atoms with van der Waals surface area (Å²) in [6, 6.07) is 13.7. The van der Waals surface area contributed by atoms with Gasteiger partial charge in [-0.3, -0.25) is 4.72 Å². The zero-order valence-electron chi connectivity index (χ0n) is 13.7. The SMILES string of the molecule is CCC(O)(CC)c1ccccc1NS(=O)(=O)c1ccc(C)cc1. The number of benzene rings is 2. The molecule has 0 aliphatic rings. The molecule has 2 aromatic carbocycles. The molecule has 2 N–H and O–H groups in total. The number of nitrogens with one attached hydrogen (secondary N) is 1. The van der Waals surface area contributed by atoms with Crippen LogP contribution in [0, 0.1) is 6.92 Å². The lowest BCUT2D eigenvalue weighted by Gasteiger charge is -2.28. The highest BCUT2D eigenvalue weighted by atomic mass is 32.2. The third kappa shape index (κ3) is 3.74. The molecule has 0 aliphatic carbocycles. The molecule has 0 bridgehead atoms. The Balaban J connectivity index is 2.42. The smallest absolute Gasteiger partial charge is 0.261 e. The summed E-state index contributed by atoms with van der Waals surface area (Å²) >= 11 is 0. The van der Waals surface area contributed by atoms with Crippen LogP contribution in [-0.2, 0) is 15.6 Å².